The number of aliphatic hydroxyl groups is 1. The average molecular weight is 750 g/mol. The molecule has 1 atom stereocenters. The maximum atomic E-state index is 13.9. The van der Waals surface area contributed by atoms with E-state index in [9.17, 15) is 29.6 Å². The van der Waals surface area contributed by atoms with Crippen molar-refractivity contribution in [2.45, 2.75) is 52.1 Å². The first-order valence-corrected chi connectivity index (χ1v) is 17.8. The van der Waals surface area contributed by atoms with E-state index < -0.39 is 17.3 Å². The zero-order chi connectivity index (χ0) is 39.6. The van der Waals surface area contributed by atoms with Crippen molar-refractivity contribution in [1.82, 2.24) is 24.3 Å². The lowest BCUT2D eigenvalue weighted by molar-refractivity contribution is -0.122. The summed E-state index contributed by atoms with van der Waals surface area (Å²) in [5.41, 5.74) is 2.33. The zero-order valence-electron chi connectivity index (χ0n) is 30.7. The SMILES string of the molecule is CC(C)(C)CC(=O)Nc1nc2ccc(C#N)cc2n1-c1cc(CC[C@@](O)(CC(=O)Nc2nc3ccc(C#N)cc3n2-c2ccc(F)cc2)c2ccccc2)no1. The van der Waals surface area contributed by atoms with Gasteiger partial charge < -0.3 is 9.63 Å². The molecule has 4 aromatic carbocycles. The van der Waals surface area contributed by atoms with Gasteiger partial charge in [0, 0.05) is 18.2 Å². The van der Waals surface area contributed by atoms with Crippen LogP contribution in [0.2, 0.25) is 0 Å². The molecular weight excluding hydrogens is 714 g/mol. The van der Waals surface area contributed by atoms with Crippen LogP contribution in [-0.4, -0.2) is 41.2 Å². The van der Waals surface area contributed by atoms with E-state index in [4.69, 9.17) is 4.52 Å². The van der Waals surface area contributed by atoms with E-state index in [1.807, 2.05) is 20.8 Å². The lowest BCUT2D eigenvalue weighted by Gasteiger charge is -2.28. The Labute approximate surface area is 320 Å². The number of nitrogens with zero attached hydrogens (tertiary/aromatic N) is 7. The summed E-state index contributed by atoms with van der Waals surface area (Å²) in [6.07, 6.45) is 0.0915. The van der Waals surface area contributed by atoms with Crippen molar-refractivity contribution in [2.75, 3.05) is 10.6 Å². The second-order valence-corrected chi connectivity index (χ2v) is 14.7. The molecule has 0 saturated carbocycles. The number of carbonyl (C=O) groups is 2. The van der Waals surface area contributed by atoms with Crippen LogP contribution >= 0.6 is 0 Å². The van der Waals surface area contributed by atoms with Gasteiger partial charge in [-0.05, 0) is 84.5 Å². The summed E-state index contributed by atoms with van der Waals surface area (Å²) >= 11 is 0. The number of aromatic nitrogens is 5. The Hall–Kier alpha value is -7.16. The smallest absolute Gasteiger partial charge is 0.238 e. The average Bonchev–Trinajstić information content (AvgIpc) is 3.88. The van der Waals surface area contributed by atoms with E-state index >= 15 is 0 Å². The topological polar surface area (TPSA) is 188 Å². The van der Waals surface area contributed by atoms with Gasteiger partial charge in [-0.15, -0.1) is 0 Å². The van der Waals surface area contributed by atoms with Crippen LogP contribution in [0.5, 0.6) is 0 Å². The number of aryl methyl sites for hydroxylation is 1. The number of rotatable bonds is 11. The highest BCUT2D eigenvalue weighted by molar-refractivity contribution is 5.94. The molecule has 280 valence electrons. The monoisotopic (exact) mass is 749 g/mol. The third-order valence-corrected chi connectivity index (χ3v) is 9.17. The van der Waals surface area contributed by atoms with Crippen LogP contribution in [-0.2, 0) is 21.6 Å². The Morgan fingerprint density at radius 2 is 1.36 bits per heavy atom. The van der Waals surface area contributed by atoms with Crippen LogP contribution in [0, 0.1) is 33.9 Å². The summed E-state index contributed by atoms with van der Waals surface area (Å²) in [6, 6.07) is 30.2. The summed E-state index contributed by atoms with van der Waals surface area (Å²) in [5.74, 6) is -0.695. The number of nitrogens with one attached hydrogen (secondary N) is 2. The standard InChI is InChI=1S/C42H36FN9O4/c1-41(2,3)22-36(53)48-40-47-33-16-10-27(25-45)20-35(33)52(40)38-21-30(50-56-38)17-18-42(55,28-7-5-4-6-8-28)23-37(54)49-39-46-32-15-9-26(24-44)19-34(32)51(39)31-13-11-29(43)12-14-31/h4-16,19-21,55H,17-18,22-23H2,1-3H3,(H,46,49,54)(H,47,48,53)/t42-/m1/s1. The molecule has 13 nitrogen and oxygen atoms in total. The van der Waals surface area contributed by atoms with Gasteiger partial charge in [0.25, 0.3) is 0 Å². The summed E-state index contributed by atoms with van der Waals surface area (Å²) < 4.78 is 22.9. The van der Waals surface area contributed by atoms with Crippen molar-refractivity contribution in [1.29, 1.82) is 10.5 Å². The molecule has 0 radical (unpaired) electrons. The molecule has 7 aromatic rings. The maximum absolute atomic E-state index is 13.9. The Morgan fingerprint density at radius 1 is 0.786 bits per heavy atom. The molecule has 0 spiro atoms. The molecule has 56 heavy (non-hydrogen) atoms. The van der Waals surface area contributed by atoms with Crippen LogP contribution in [0.4, 0.5) is 16.3 Å². The molecule has 3 aromatic heterocycles. The van der Waals surface area contributed by atoms with E-state index in [1.54, 1.807) is 81.9 Å². The van der Waals surface area contributed by atoms with E-state index in [0.29, 0.717) is 50.1 Å². The number of nitriles is 2. The van der Waals surface area contributed by atoms with Gasteiger partial charge >= 0.3 is 0 Å². The van der Waals surface area contributed by atoms with Crippen LogP contribution in [0.25, 0.3) is 33.6 Å². The molecule has 0 fully saturated rings. The number of benzene rings is 4. The van der Waals surface area contributed by atoms with Gasteiger partial charge in [0.15, 0.2) is 0 Å². The van der Waals surface area contributed by atoms with Crippen LogP contribution in [0.1, 0.15) is 62.4 Å². The molecule has 0 aliphatic carbocycles. The summed E-state index contributed by atoms with van der Waals surface area (Å²) in [5, 5.41) is 41.3. The molecule has 3 N–H and O–H groups in total. The summed E-state index contributed by atoms with van der Waals surface area (Å²) in [6.45, 7) is 5.86. The third kappa shape index (κ3) is 7.87. The van der Waals surface area contributed by atoms with Gasteiger partial charge in [0.2, 0.25) is 29.6 Å². The summed E-state index contributed by atoms with van der Waals surface area (Å²) in [7, 11) is 0. The number of fused-ring (bicyclic) bond motifs is 2. The van der Waals surface area contributed by atoms with Gasteiger partial charge in [0.05, 0.1) is 63.0 Å². The number of imidazole rings is 2. The number of amides is 2. The van der Waals surface area contributed by atoms with Gasteiger partial charge in [-0.25, -0.2) is 18.9 Å². The van der Waals surface area contributed by atoms with Crippen LogP contribution in [0.15, 0.2) is 102 Å². The van der Waals surface area contributed by atoms with Crippen molar-refractivity contribution >= 4 is 45.8 Å². The van der Waals surface area contributed by atoms with Gasteiger partial charge in [0.1, 0.15) is 5.82 Å². The second kappa shape index (κ2) is 14.9. The van der Waals surface area contributed by atoms with E-state index in [-0.39, 0.29) is 54.8 Å². The van der Waals surface area contributed by atoms with Crippen molar-refractivity contribution in [3.63, 3.8) is 0 Å². The molecule has 0 bridgehead atoms. The van der Waals surface area contributed by atoms with Crippen molar-refractivity contribution < 1.29 is 23.6 Å². The first-order chi connectivity index (χ1) is 26.8. The fourth-order valence-electron chi connectivity index (χ4n) is 6.56. The highest BCUT2D eigenvalue weighted by Gasteiger charge is 2.33. The van der Waals surface area contributed by atoms with Gasteiger partial charge in [-0.3, -0.25) is 24.8 Å². The predicted octanol–water partition coefficient (Wildman–Crippen LogP) is 7.46. The Balaban J connectivity index is 1.17. The maximum Gasteiger partial charge on any atom is 0.238 e. The fraction of sp³-hybridized carbons (Fsp3) is 0.214. The zero-order valence-corrected chi connectivity index (χ0v) is 30.7. The molecule has 14 heteroatoms. The van der Waals surface area contributed by atoms with Crippen LogP contribution in [0.3, 0.4) is 0 Å². The Kier molecular flexibility index (Phi) is 9.91. The first-order valence-electron chi connectivity index (χ1n) is 17.8. The molecular formula is C42H36FN9O4. The van der Waals surface area contributed by atoms with Crippen LogP contribution < -0.4 is 10.6 Å². The molecule has 0 unspecified atom stereocenters. The predicted molar refractivity (Wildman–Crippen MR) is 206 cm³/mol. The largest absolute Gasteiger partial charge is 0.385 e. The number of hydrogen-bond acceptors (Lipinski definition) is 9. The number of hydrogen-bond donors (Lipinski definition) is 3. The Bertz CT molecular complexity index is 2680. The first kappa shape index (κ1) is 37.2. The quantitative estimate of drug-likeness (QED) is 0.121. The molecule has 0 saturated heterocycles. The lowest BCUT2D eigenvalue weighted by Crippen LogP contribution is -2.32. The molecule has 2 amide bonds. The minimum absolute atomic E-state index is 0.0503. The highest BCUT2D eigenvalue weighted by Crippen LogP contribution is 2.33. The molecule has 7 rings (SSSR count). The number of carbonyl (C=O) groups excluding carboxylic acids is 2. The fourth-order valence-corrected chi connectivity index (χ4v) is 6.56. The second-order valence-electron chi connectivity index (χ2n) is 14.7. The highest BCUT2D eigenvalue weighted by atomic mass is 19.1. The van der Waals surface area contributed by atoms with E-state index in [2.05, 4.69) is 37.9 Å². The van der Waals surface area contributed by atoms with Crippen molar-refractivity contribution in [2.24, 2.45) is 5.41 Å². The summed E-state index contributed by atoms with van der Waals surface area (Å²) in [4.78, 5) is 36.0. The van der Waals surface area contributed by atoms with Crippen molar-refractivity contribution in [3.8, 4) is 23.7 Å². The normalized spacial score (nSPS) is 12.6. The minimum atomic E-state index is -1.68. The van der Waals surface area contributed by atoms with E-state index in [1.165, 1.54) is 24.3 Å². The third-order valence-electron chi connectivity index (χ3n) is 9.17. The number of halogens is 1. The van der Waals surface area contributed by atoms with Gasteiger partial charge in [-0.1, -0.05) is 56.3 Å². The van der Waals surface area contributed by atoms with Gasteiger partial charge in [-0.2, -0.15) is 10.5 Å². The lowest BCUT2D eigenvalue weighted by atomic mass is 9.85. The molecule has 3 heterocycles. The van der Waals surface area contributed by atoms with Crippen molar-refractivity contribution in [3.05, 3.63) is 125 Å². The number of anilines is 2. The minimum Gasteiger partial charge on any atom is -0.385 e. The Morgan fingerprint density at radius 3 is 1.95 bits per heavy atom. The van der Waals surface area contributed by atoms with E-state index in [0.717, 1.165) is 0 Å². The molecule has 0 aliphatic rings. The molecule has 0 aliphatic heterocycles.